The van der Waals surface area contributed by atoms with E-state index in [9.17, 15) is 32.4 Å². The van der Waals surface area contributed by atoms with Gasteiger partial charge in [-0.2, -0.15) is 8.42 Å². The number of benzene rings is 1. The molecule has 4 rings (SSSR count). The number of hydrogen-bond donors (Lipinski definition) is 4. The summed E-state index contributed by atoms with van der Waals surface area (Å²) in [4.78, 5) is 23.8. The number of nitrogen functional groups attached to an aromatic ring is 1. The van der Waals surface area contributed by atoms with Crippen LogP contribution in [-0.4, -0.2) is 73.5 Å². The number of imidazole rings is 1. The van der Waals surface area contributed by atoms with Gasteiger partial charge >= 0.3 is 10.2 Å². The van der Waals surface area contributed by atoms with Crippen LogP contribution in [0.25, 0.3) is 11.2 Å². The van der Waals surface area contributed by atoms with Gasteiger partial charge in [-0.3, -0.25) is 9.36 Å². The quantitative estimate of drug-likeness (QED) is 0.272. The highest BCUT2D eigenvalue weighted by molar-refractivity contribution is 7.86. The molecule has 0 radical (unpaired) electrons. The predicted molar refractivity (Wildman–Crippen MR) is 101 cm³/mol. The first-order chi connectivity index (χ1) is 14.6. The average molecular weight is 453 g/mol. The summed E-state index contributed by atoms with van der Waals surface area (Å²) < 4.78 is 41.6. The van der Waals surface area contributed by atoms with Crippen LogP contribution in [-0.2, 0) is 15.0 Å². The number of carbonyl (C=O) groups is 1. The molecule has 5 atom stereocenters. The Morgan fingerprint density at radius 3 is 2.48 bits per heavy atom. The summed E-state index contributed by atoms with van der Waals surface area (Å²) in [5, 5.41) is 31.2. The summed E-state index contributed by atoms with van der Waals surface area (Å²) in [5.41, 5.74) is 6.01. The van der Waals surface area contributed by atoms with Gasteiger partial charge in [0, 0.05) is 5.56 Å². The highest BCUT2D eigenvalue weighted by Crippen LogP contribution is 2.34. The minimum absolute atomic E-state index is 0.0855. The van der Waals surface area contributed by atoms with Crippen LogP contribution in [0.4, 0.5) is 9.70 Å². The average Bonchev–Trinajstić information content (AvgIpc) is 3.29. The van der Waals surface area contributed by atoms with E-state index in [1.165, 1.54) is 17.2 Å². The number of carbonyl (C=O) groups excluding carboxylic acids is 1. The Kier molecular flexibility index (Phi) is 5.18. The van der Waals surface area contributed by atoms with Crippen LogP contribution in [0.1, 0.15) is 16.6 Å². The number of halogens is 1. The van der Waals surface area contributed by atoms with Crippen molar-refractivity contribution in [3.8, 4) is 0 Å². The number of anilines is 1. The number of ketones is 1. The Labute approximate surface area is 174 Å². The van der Waals surface area contributed by atoms with E-state index in [-0.39, 0.29) is 22.5 Å². The zero-order chi connectivity index (χ0) is 22.5. The molecule has 2 aromatic heterocycles. The minimum atomic E-state index is -4.95. The standard InChI is InChI=1S/C17H16FN5O7S/c18-31(28,29)8-3-1-7(2-4-8)10(24)11(25)14-12(26)13(27)17(30-14)23-6-22-9-15(19)20-5-21-16(9)23/h1-6,11-14,17,25-27H,(H2,19,20,21). The van der Waals surface area contributed by atoms with Crippen molar-refractivity contribution in [3.63, 3.8) is 0 Å². The number of aromatic nitrogens is 4. The Bertz CT molecular complexity index is 1250. The van der Waals surface area contributed by atoms with Gasteiger partial charge < -0.3 is 25.8 Å². The molecule has 1 fully saturated rings. The number of rotatable bonds is 5. The van der Waals surface area contributed by atoms with E-state index in [0.29, 0.717) is 0 Å². The molecule has 31 heavy (non-hydrogen) atoms. The molecule has 164 valence electrons. The van der Waals surface area contributed by atoms with Gasteiger partial charge in [-0.1, -0.05) is 0 Å². The molecule has 1 aliphatic rings. The maximum Gasteiger partial charge on any atom is 0.332 e. The zero-order valence-corrected chi connectivity index (χ0v) is 16.3. The second-order valence-corrected chi connectivity index (χ2v) is 8.17. The largest absolute Gasteiger partial charge is 0.387 e. The number of aliphatic hydroxyl groups is 3. The molecule has 1 aliphatic heterocycles. The third kappa shape index (κ3) is 3.64. The highest BCUT2D eigenvalue weighted by Gasteiger charge is 2.49. The maximum atomic E-state index is 13.0. The summed E-state index contributed by atoms with van der Waals surface area (Å²) in [6, 6.07) is 3.74. The van der Waals surface area contributed by atoms with Gasteiger partial charge in [-0.15, -0.1) is 3.89 Å². The van der Waals surface area contributed by atoms with E-state index in [4.69, 9.17) is 10.5 Å². The van der Waals surface area contributed by atoms with Crippen molar-refractivity contribution in [3.05, 3.63) is 42.5 Å². The van der Waals surface area contributed by atoms with Gasteiger partial charge in [-0.05, 0) is 24.3 Å². The third-order valence-electron chi connectivity index (χ3n) is 4.94. The molecule has 12 nitrogen and oxygen atoms in total. The molecule has 0 amide bonds. The minimum Gasteiger partial charge on any atom is -0.387 e. The van der Waals surface area contributed by atoms with Crippen LogP contribution < -0.4 is 5.73 Å². The fraction of sp³-hybridized carbons (Fsp3) is 0.294. The van der Waals surface area contributed by atoms with Gasteiger partial charge in [-0.25, -0.2) is 15.0 Å². The van der Waals surface area contributed by atoms with Crippen molar-refractivity contribution in [1.29, 1.82) is 0 Å². The summed E-state index contributed by atoms with van der Waals surface area (Å²) in [7, 11) is -4.95. The molecule has 0 aliphatic carbocycles. The number of Topliss-reactive ketones (excluding diaryl/α,β-unsaturated/α-hetero) is 1. The number of ether oxygens (including phenoxy) is 1. The Morgan fingerprint density at radius 1 is 1.16 bits per heavy atom. The first-order valence-corrected chi connectivity index (χ1v) is 10.2. The van der Waals surface area contributed by atoms with Crippen molar-refractivity contribution in [2.75, 3.05) is 5.73 Å². The smallest absolute Gasteiger partial charge is 0.332 e. The molecule has 5 unspecified atom stereocenters. The number of aliphatic hydroxyl groups excluding tert-OH is 3. The Morgan fingerprint density at radius 2 is 1.84 bits per heavy atom. The second-order valence-electron chi connectivity index (χ2n) is 6.83. The molecule has 0 bridgehead atoms. The van der Waals surface area contributed by atoms with Crippen LogP contribution >= 0.6 is 0 Å². The SMILES string of the molecule is Nc1ncnc2c1ncn2C1OC(C(O)C(=O)c2ccc(S(=O)(=O)F)cc2)C(O)C1O. The molecule has 3 aromatic rings. The molecule has 3 heterocycles. The van der Waals surface area contributed by atoms with Gasteiger partial charge in [0.15, 0.2) is 23.5 Å². The summed E-state index contributed by atoms with van der Waals surface area (Å²) in [6.07, 6.45) is -5.49. The summed E-state index contributed by atoms with van der Waals surface area (Å²) >= 11 is 0. The molecule has 0 saturated carbocycles. The van der Waals surface area contributed by atoms with Crippen LogP contribution in [0.2, 0.25) is 0 Å². The maximum absolute atomic E-state index is 13.0. The fourth-order valence-corrected chi connectivity index (χ4v) is 3.80. The van der Waals surface area contributed by atoms with Crippen LogP contribution in [0.5, 0.6) is 0 Å². The molecule has 1 aromatic carbocycles. The molecule has 14 heteroatoms. The normalized spacial score (nSPS) is 25.0. The molecule has 5 N–H and O–H groups in total. The van der Waals surface area contributed by atoms with Gasteiger partial charge in [0.2, 0.25) is 0 Å². The van der Waals surface area contributed by atoms with Crippen molar-refractivity contribution in [1.82, 2.24) is 19.5 Å². The lowest BCUT2D eigenvalue weighted by Gasteiger charge is -2.20. The van der Waals surface area contributed by atoms with Gasteiger partial charge in [0.1, 0.15) is 36.3 Å². The first-order valence-electron chi connectivity index (χ1n) is 8.81. The fourth-order valence-electron chi connectivity index (χ4n) is 3.33. The lowest BCUT2D eigenvalue weighted by molar-refractivity contribution is -0.0725. The van der Waals surface area contributed by atoms with E-state index < -0.39 is 51.5 Å². The van der Waals surface area contributed by atoms with Gasteiger partial charge in [0.05, 0.1) is 11.2 Å². The Balaban J connectivity index is 1.58. The van der Waals surface area contributed by atoms with Crippen LogP contribution in [0.3, 0.4) is 0 Å². The lowest BCUT2D eigenvalue weighted by Crippen LogP contribution is -2.42. The molecular formula is C17H16FN5O7S. The number of fused-ring (bicyclic) bond motifs is 1. The number of hydrogen-bond acceptors (Lipinski definition) is 11. The van der Waals surface area contributed by atoms with Crippen molar-refractivity contribution in [2.24, 2.45) is 0 Å². The predicted octanol–water partition coefficient (Wildman–Crippen LogP) is -1.07. The Hall–Kier alpha value is -3.04. The van der Waals surface area contributed by atoms with E-state index in [1.807, 2.05) is 0 Å². The lowest BCUT2D eigenvalue weighted by atomic mass is 9.98. The zero-order valence-electron chi connectivity index (χ0n) is 15.5. The van der Waals surface area contributed by atoms with Gasteiger partial charge in [0.25, 0.3) is 0 Å². The molecule has 0 spiro atoms. The van der Waals surface area contributed by atoms with E-state index >= 15 is 0 Å². The number of nitrogens with two attached hydrogens (primary N) is 1. The second kappa shape index (κ2) is 7.58. The summed E-state index contributed by atoms with van der Waals surface area (Å²) in [6.45, 7) is 0. The topological polar surface area (TPSA) is 191 Å². The first kappa shape index (κ1) is 21.2. The third-order valence-corrected chi connectivity index (χ3v) is 5.77. The van der Waals surface area contributed by atoms with E-state index in [2.05, 4.69) is 15.0 Å². The van der Waals surface area contributed by atoms with Crippen molar-refractivity contribution < 1.29 is 37.2 Å². The van der Waals surface area contributed by atoms with Crippen molar-refractivity contribution in [2.45, 2.75) is 35.5 Å². The van der Waals surface area contributed by atoms with E-state index in [0.717, 1.165) is 24.3 Å². The van der Waals surface area contributed by atoms with Crippen molar-refractivity contribution >= 4 is 33.0 Å². The van der Waals surface area contributed by atoms with Crippen LogP contribution in [0, 0.1) is 0 Å². The number of nitrogens with zero attached hydrogens (tertiary/aromatic N) is 4. The highest BCUT2D eigenvalue weighted by atomic mass is 32.3. The molecule has 1 saturated heterocycles. The molecular weight excluding hydrogens is 437 g/mol. The monoisotopic (exact) mass is 453 g/mol. The van der Waals surface area contributed by atoms with Crippen LogP contribution in [0.15, 0.2) is 41.8 Å². The van der Waals surface area contributed by atoms with E-state index in [1.54, 1.807) is 0 Å². The summed E-state index contributed by atoms with van der Waals surface area (Å²) in [5.74, 6) is -0.843.